The fourth-order valence-corrected chi connectivity index (χ4v) is 4.61. The Bertz CT molecular complexity index is 1180. The number of halogens is 2. The predicted octanol–water partition coefficient (Wildman–Crippen LogP) is 2.75. The summed E-state index contributed by atoms with van der Waals surface area (Å²) < 4.78 is 40.1. The quantitative estimate of drug-likeness (QED) is 0.550. The molecule has 0 aliphatic rings. The van der Waals surface area contributed by atoms with Crippen molar-refractivity contribution >= 4 is 38.9 Å². The molecule has 0 unspecified atom stereocenters. The number of aryl methyl sites for hydroxylation is 2. The van der Waals surface area contributed by atoms with Gasteiger partial charge in [-0.2, -0.15) is 5.10 Å². The molecule has 0 bridgehead atoms. The SMILES string of the molecule is Cc1nc(C)c(CNC(=O)c2ccc(CNS(=O)(=O)c3ccc(F)c(Cl)c3)nn2)s1. The zero-order valence-electron chi connectivity index (χ0n) is 15.9. The molecule has 0 atom stereocenters. The number of nitrogens with one attached hydrogen (secondary N) is 2. The lowest BCUT2D eigenvalue weighted by Gasteiger charge is -2.07. The second kappa shape index (κ2) is 9.13. The van der Waals surface area contributed by atoms with Gasteiger partial charge in [-0.1, -0.05) is 11.6 Å². The minimum atomic E-state index is -3.92. The van der Waals surface area contributed by atoms with Crippen molar-refractivity contribution in [2.24, 2.45) is 0 Å². The zero-order chi connectivity index (χ0) is 21.9. The van der Waals surface area contributed by atoms with Crippen molar-refractivity contribution < 1.29 is 17.6 Å². The molecule has 8 nitrogen and oxygen atoms in total. The van der Waals surface area contributed by atoms with E-state index in [2.05, 4.69) is 25.2 Å². The largest absolute Gasteiger partial charge is 0.346 e. The molecule has 0 aliphatic heterocycles. The van der Waals surface area contributed by atoms with Crippen LogP contribution >= 0.6 is 22.9 Å². The first kappa shape index (κ1) is 22.2. The summed E-state index contributed by atoms with van der Waals surface area (Å²) in [6.07, 6.45) is 0. The number of hydrogen-bond acceptors (Lipinski definition) is 7. The van der Waals surface area contributed by atoms with E-state index in [-0.39, 0.29) is 22.2 Å². The van der Waals surface area contributed by atoms with E-state index in [1.54, 1.807) is 0 Å². The highest BCUT2D eigenvalue weighted by Gasteiger charge is 2.16. The van der Waals surface area contributed by atoms with Gasteiger partial charge in [0.15, 0.2) is 5.69 Å². The Kier molecular flexibility index (Phi) is 6.76. The molecule has 3 aromatic rings. The van der Waals surface area contributed by atoms with Gasteiger partial charge in [0.1, 0.15) is 5.82 Å². The first-order chi connectivity index (χ1) is 14.2. The number of nitrogens with zero attached hydrogens (tertiary/aromatic N) is 3. The van der Waals surface area contributed by atoms with E-state index in [0.717, 1.165) is 33.8 Å². The summed E-state index contributed by atoms with van der Waals surface area (Å²) in [6.45, 7) is 3.94. The molecule has 0 saturated heterocycles. The summed E-state index contributed by atoms with van der Waals surface area (Å²) >= 11 is 7.13. The topological polar surface area (TPSA) is 114 Å². The molecular formula is C18H17ClFN5O3S2. The van der Waals surface area contributed by atoms with Crippen molar-refractivity contribution in [2.75, 3.05) is 0 Å². The Morgan fingerprint density at radius 3 is 2.53 bits per heavy atom. The molecule has 0 fully saturated rings. The third-order valence-electron chi connectivity index (χ3n) is 4.01. The molecule has 0 saturated carbocycles. The molecule has 2 heterocycles. The van der Waals surface area contributed by atoms with E-state index >= 15 is 0 Å². The summed E-state index contributed by atoms with van der Waals surface area (Å²) in [5, 5.41) is 11.1. The lowest BCUT2D eigenvalue weighted by molar-refractivity contribution is 0.0945. The van der Waals surface area contributed by atoms with Gasteiger partial charge in [-0.05, 0) is 44.2 Å². The first-order valence-corrected chi connectivity index (χ1v) is 11.3. The molecule has 0 spiro atoms. The standard InChI is InChI=1S/C18H17ClFN5O3S2/c1-10-17(29-11(2)23-10)9-21-18(26)16-6-3-12(24-25-16)8-22-30(27,28)13-4-5-15(20)14(19)7-13/h3-7,22H,8-9H2,1-2H3,(H,21,26). The molecular weight excluding hydrogens is 453 g/mol. The van der Waals surface area contributed by atoms with Gasteiger partial charge in [0.2, 0.25) is 10.0 Å². The van der Waals surface area contributed by atoms with Crippen LogP contribution in [0, 0.1) is 19.7 Å². The van der Waals surface area contributed by atoms with E-state index in [1.807, 2.05) is 13.8 Å². The highest BCUT2D eigenvalue weighted by Crippen LogP contribution is 2.19. The number of carbonyl (C=O) groups is 1. The van der Waals surface area contributed by atoms with Gasteiger partial charge in [0, 0.05) is 4.88 Å². The predicted molar refractivity (Wildman–Crippen MR) is 110 cm³/mol. The molecule has 3 rings (SSSR count). The Labute approximate surface area is 181 Å². The van der Waals surface area contributed by atoms with Gasteiger partial charge in [0.05, 0.1) is 39.4 Å². The molecule has 2 aromatic heterocycles. The van der Waals surface area contributed by atoms with E-state index < -0.39 is 21.7 Å². The lowest BCUT2D eigenvalue weighted by Crippen LogP contribution is -2.26. The van der Waals surface area contributed by atoms with E-state index in [4.69, 9.17) is 11.6 Å². The number of aromatic nitrogens is 3. The highest BCUT2D eigenvalue weighted by atomic mass is 35.5. The van der Waals surface area contributed by atoms with E-state index in [9.17, 15) is 17.6 Å². The summed E-state index contributed by atoms with van der Waals surface area (Å²) in [5.74, 6) is -1.11. The second-order valence-electron chi connectivity index (χ2n) is 6.23. The van der Waals surface area contributed by atoms with Crippen LogP contribution in [0.5, 0.6) is 0 Å². The maximum atomic E-state index is 13.2. The average molecular weight is 470 g/mol. The molecule has 158 valence electrons. The number of thiazole rings is 1. The highest BCUT2D eigenvalue weighted by molar-refractivity contribution is 7.89. The van der Waals surface area contributed by atoms with Crippen molar-refractivity contribution in [3.05, 3.63) is 68.1 Å². The number of hydrogen-bond donors (Lipinski definition) is 2. The van der Waals surface area contributed by atoms with E-state index in [1.165, 1.54) is 23.5 Å². The minimum Gasteiger partial charge on any atom is -0.346 e. The number of sulfonamides is 1. The molecule has 2 N–H and O–H groups in total. The molecule has 12 heteroatoms. The smallest absolute Gasteiger partial charge is 0.272 e. The number of benzene rings is 1. The summed E-state index contributed by atoms with van der Waals surface area (Å²) in [4.78, 5) is 17.3. The van der Waals surface area contributed by atoms with Crippen LogP contribution < -0.4 is 10.0 Å². The van der Waals surface area contributed by atoms with Crippen LogP contribution in [-0.2, 0) is 23.1 Å². The van der Waals surface area contributed by atoms with Gasteiger partial charge in [-0.15, -0.1) is 16.4 Å². The summed E-state index contributed by atoms with van der Waals surface area (Å²) in [5.41, 5.74) is 1.28. The van der Waals surface area contributed by atoms with Crippen LogP contribution in [0.1, 0.15) is 31.8 Å². The van der Waals surface area contributed by atoms with Crippen molar-refractivity contribution in [1.82, 2.24) is 25.2 Å². The van der Waals surface area contributed by atoms with Crippen molar-refractivity contribution in [3.8, 4) is 0 Å². The normalized spacial score (nSPS) is 11.5. The fourth-order valence-electron chi connectivity index (χ4n) is 2.46. The number of rotatable bonds is 7. The summed E-state index contributed by atoms with van der Waals surface area (Å²) in [6, 6.07) is 6.04. The third kappa shape index (κ3) is 5.36. The van der Waals surface area contributed by atoms with Gasteiger partial charge in [0.25, 0.3) is 5.91 Å². The van der Waals surface area contributed by atoms with Crippen LogP contribution in [0.4, 0.5) is 4.39 Å². The van der Waals surface area contributed by atoms with E-state index in [0.29, 0.717) is 12.2 Å². The monoisotopic (exact) mass is 469 g/mol. The minimum absolute atomic E-state index is 0.103. The molecule has 1 aromatic carbocycles. The fraction of sp³-hybridized carbons (Fsp3) is 0.222. The van der Waals surface area contributed by atoms with Gasteiger partial charge in [-0.25, -0.2) is 22.5 Å². The Morgan fingerprint density at radius 1 is 1.17 bits per heavy atom. The van der Waals surface area contributed by atoms with Crippen LogP contribution in [-0.4, -0.2) is 29.5 Å². The van der Waals surface area contributed by atoms with Crippen molar-refractivity contribution in [3.63, 3.8) is 0 Å². The molecule has 0 aliphatic carbocycles. The van der Waals surface area contributed by atoms with Crippen LogP contribution in [0.3, 0.4) is 0 Å². The number of amides is 1. The Balaban J connectivity index is 1.59. The lowest BCUT2D eigenvalue weighted by atomic mass is 10.3. The third-order valence-corrected chi connectivity index (χ3v) is 6.77. The Morgan fingerprint density at radius 2 is 1.93 bits per heavy atom. The zero-order valence-corrected chi connectivity index (χ0v) is 18.3. The van der Waals surface area contributed by atoms with Crippen molar-refractivity contribution in [2.45, 2.75) is 31.8 Å². The van der Waals surface area contributed by atoms with Gasteiger partial charge < -0.3 is 5.32 Å². The van der Waals surface area contributed by atoms with Crippen LogP contribution in [0.2, 0.25) is 5.02 Å². The molecule has 30 heavy (non-hydrogen) atoms. The van der Waals surface area contributed by atoms with Crippen LogP contribution in [0.15, 0.2) is 35.2 Å². The van der Waals surface area contributed by atoms with Crippen molar-refractivity contribution in [1.29, 1.82) is 0 Å². The first-order valence-electron chi connectivity index (χ1n) is 8.64. The Hall–Kier alpha value is -2.47. The average Bonchev–Trinajstić information content (AvgIpc) is 3.04. The number of carbonyl (C=O) groups excluding carboxylic acids is 1. The second-order valence-corrected chi connectivity index (χ2v) is 9.70. The van der Waals surface area contributed by atoms with Gasteiger partial charge in [-0.3, -0.25) is 4.79 Å². The van der Waals surface area contributed by atoms with Gasteiger partial charge >= 0.3 is 0 Å². The molecule has 0 radical (unpaired) electrons. The maximum Gasteiger partial charge on any atom is 0.272 e. The van der Waals surface area contributed by atoms with Crippen LogP contribution in [0.25, 0.3) is 0 Å². The maximum absolute atomic E-state index is 13.2. The summed E-state index contributed by atoms with van der Waals surface area (Å²) in [7, 11) is -3.92. The molecule has 1 amide bonds.